The lowest BCUT2D eigenvalue weighted by atomic mass is 9.63. The molecule has 1 aliphatic heterocycles. The van der Waals surface area contributed by atoms with Crippen LogP contribution in [-0.2, 0) is 20.9 Å². The molecule has 3 aromatic rings. The van der Waals surface area contributed by atoms with Crippen LogP contribution >= 0.6 is 0 Å². The van der Waals surface area contributed by atoms with Crippen LogP contribution < -0.4 is 0 Å². The van der Waals surface area contributed by atoms with Gasteiger partial charge in [0.25, 0.3) is 0 Å². The van der Waals surface area contributed by atoms with Gasteiger partial charge >= 0.3 is 0 Å². The molecule has 0 radical (unpaired) electrons. The average molecular weight is 537 g/mol. The number of benzene rings is 2. The molecule has 0 spiro atoms. The minimum Gasteiger partial charge on any atom is -0.383 e. The van der Waals surface area contributed by atoms with Crippen molar-refractivity contribution < 1.29 is 14.3 Å². The fourth-order valence-electron chi connectivity index (χ4n) is 7.23. The van der Waals surface area contributed by atoms with Gasteiger partial charge in [-0.25, -0.2) is 0 Å². The van der Waals surface area contributed by atoms with Gasteiger partial charge in [0, 0.05) is 78.6 Å². The summed E-state index contributed by atoms with van der Waals surface area (Å²) in [7, 11) is 1.71. The first-order chi connectivity index (χ1) is 19.1. The molecule has 2 aromatic carbocycles. The summed E-state index contributed by atoms with van der Waals surface area (Å²) in [5.41, 5.74) is 6.96. The topological polar surface area (TPSA) is 51.5 Å². The van der Waals surface area contributed by atoms with E-state index in [4.69, 9.17) is 4.74 Å². The SMILES string of the molecule is COCCN1C2=C(C(=O)CC(C)(C)C2)C(c2cn(Cc3ccccc3)c3ccccc23)C2=C1CC(C)(C)CC2=O. The number of Topliss-reactive ketones (excluding diaryl/α,β-unsaturated/α-hetero) is 2. The smallest absolute Gasteiger partial charge is 0.162 e. The summed E-state index contributed by atoms with van der Waals surface area (Å²) in [5.74, 6) is -0.0107. The maximum atomic E-state index is 14.1. The molecule has 0 saturated heterocycles. The van der Waals surface area contributed by atoms with E-state index < -0.39 is 0 Å². The molecule has 2 heterocycles. The standard InChI is InChI=1S/C35H40N2O3/c1-34(2)17-27-32(29(38)19-34)31(33-28(37(27)15-16-40-5)18-35(3,4)20-30(33)39)25-22-36(21-23-11-7-6-8-12-23)26-14-10-9-13-24(25)26/h6-14,22,31H,15-21H2,1-5H3. The van der Waals surface area contributed by atoms with Crippen molar-refractivity contribution in [2.75, 3.05) is 20.3 Å². The van der Waals surface area contributed by atoms with Gasteiger partial charge in [-0.05, 0) is 40.9 Å². The van der Waals surface area contributed by atoms with Gasteiger partial charge in [0.2, 0.25) is 0 Å². The first kappa shape index (κ1) is 26.8. The summed E-state index contributed by atoms with van der Waals surface area (Å²) < 4.78 is 7.81. The third kappa shape index (κ3) is 4.64. The average Bonchev–Trinajstić information content (AvgIpc) is 3.24. The maximum Gasteiger partial charge on any atom is 0.162 e. The second-order valence-corrected chi connectivity index (χ2v) is 13.4. The zero-order chi connectivity index (χ0) is 28.2. The van der Waals surface area contributed by atoms with Crippen molar-refractivity contribution in [1.29, 1.82) is 0 Å². The fraction of sp³-hybridized carbons (Fsp3) is 0.429. The Hall–Kier alpha value is -3.44. The molecule has 1 aromatic heterocycles. The van der Waals surface area contributed by atoms with Crippen LogP contribution in [0.3, 0.4) is 0 Å². The van der Waals surface area contributed by atoms with E-state index in [-0.39, 0.29) is 28.3 Å². The summed E-state index contributed by atoms with van der Waals surface area (Å²) >= 11 is 0. The van der Waals surface area contributed by atoms with Gasteiger partial charge in [-0.3, -0.25) is 9.59 Å². The Balaban J connectivity index is 1.60. The van der Waals surface area contributed by atoms with Gasteiger partial charge in [-0.15, -0.1) is 0 Å². The second kappa shape index (κ2) is 9.88. The van der Waals surface area contributed by atoms with Crippen LogP contribution in [0.15, 0.2) is 83.3 Å². The molecule has 0 bridgehead atoms. The minimum absolute atomic E-state index is 0.140. The molecule has 2 aliphatic carbocycles. The van der Waals surface area contributed by atoms with E-state index in [1.54, 1.807) is 7.11 Å². The van der Waals surface area contributed by atoms with Crippen molar-refractivity contribution in [2.45, 2.75) is 65.8 Å². The number of ether oxygens (including phenoxy) is 1. The number of carbonyl (C=O) groups excluding carboxylic acids is 2. The quantitative estimate of drug-likeness (QED) is 0.340. The number of hydrogen-bond donors (Lipinski definition) is 0. The Kier molecular flexibility index (Phi) is 6.61. The summed E-state index contributed by atoms with van der Waals surface area (Å²) in [6, 6.07) is 18.9. The highest BCUT2D eigenvalue weighted by Crippen LogP contribution is 2.55. The summed E-state index contributed by atoms with van der Waals surface area (Å²) in [4.78, 5) is 30.6. The van der Waals surface area contributed by atoms with Gasteiger partial charge in [-0.2, -0.15) is 0 Å². The number of hydrogen-bond acceptors (Lipinski definition) is 4. The number of rotatable bonds is 6. The molecule has 0 N–H and O–H groups in total. The number of para-hydroxylation sites is 1. The molecule has 5 nitrogen and oxygen atoms in total. The molecule has 0 unspecified atom stereocenters. The third-order valence-electron chi connectivity index (χ3n) is 8.87. The number of nitrogens with zero attached hydrogens (tertiary/aromatic N) is 2. The monoisotopic (exact) mass is 536 g/mol. The van der Waals surface area contributed by atoms with E-state index in [1.165, 1.54) is 5.56 Å². The predicted molar refractivity (Wildman–Crippen MR) is 159 cm³/mol. The van der Waals surface area contributed by atoms with Crippen molar-refractivity contribution in [3.8, 4) is 0 Å². The number of ketones is 2. The number of fused-ring (bicyclic) bond motifs is 1. The summed E-state index contributed by atoms with van der Waals surface area (Å²) in [6.45, 7) is 10.6. The Bertz CT molecular complexity index is 1500. The van der Waals surface area contributed by atoms with Gasteiger partial charge in [0.05, 0.1) is 6.61 Å². The van der Waals surface area contributed by atoms with E-state index in [9.17, 15) is 9.59 Å². The molecular weight excluding hydrogens is 496 g/mol. The van der Waals surface area contributed by atoms with Crippen LogP contribution in [0.4, 0.5) is 0 Å². The van der Waals surface area contributed by atoms with Crippen molar-refractivity contribution in [3.63, 3.8) is 0 Å². The minimum atomic E-state index is -0.349. The Morgan fingerprint density at radius 2 is 1.38 bits per heavy atom. The van der Waals surface area contributed by atoms with Crippen molar-refractivity contribution in [1.82, 2.24) is 9.47 Å². The van der Waals surface area contributed by atoms with Gasteiger partial charge in [0.15, 0.2) is 11.6 Å². The lowest BCUT2D eigenvalue weighted by Crippen LogP contribution is -2.45. The van der Waals surface area contributed by atoms with Crippen LogP contribution in [0.1, 0.15) is 70.4 Å². The van der Waals surface area contributed by atoms with E-state index >= 15 is 0 Å². The molecule has 0 atom stereocenters. The molecule has 40 heavy (non-hydrogen) atoms. The lowest BCUT2D eigenvalue weighted by molar-refractivity contribution is -0.119. The van der Waals surface area contributed by atoms with Crippen LogP contribution in [0.5, 0.6) is 0 Å². The second-order valence-electron chi connectivity index (χ2n) is 13.4. The Morgan fingerprint density at radius 3 is 1.98 bits per heavy atom. The molecule has 0 saturated carbocycles. The highest BCUT2D eigenvalue weighted by atomic mass is 16.5. The Morgan fingerprint density at radius 1 is 0.800 bits per heavy atom. The first-order valence-electron chi connectivity index (χ1n) is 14.5. The number of methoxy groups -OCH3 is 1. The van der Waals surface area contributed by atoms with Gasteiger partial charge < -0.3 is 14.2 Å². The van der Waals surface area contributed by atoms with Crippen LogP contribution in [-0.4, -0.2) is 41.3 Å². The largest absolute Gasteiger partial charge is 0.383 e. The van der Waals surface area contributed by atoms with Crippen molar-refractivity contribution >= 4 is 22.5 Å². The van der Waals surface area contributed by atoms with E-state index in [0.717, 1.165) is 58.4 Å². The third-order valence-corrected chi connectivity index (χ3v) is 8.87. The first-order valence-corrected chi connectivity index (χ1v) is 14.5. The fourth-order valence-corrected chi connectivity index (χ4v) is 7.23. The zero-order valence-electron chi connectivity index (χ0n) is 24.4. The van der Waals surface area contributed by atoms with Crippen LogP contribution in [0.2, 0.25) is 0 Å². The van der Waals surface area contributed by atoms with E-state index in [1.807, 2.05) is 6.07 Å². The predicted octanol–water partition coefficient (Wildman–Crippen LogP) is 7.02. The molecule has 0 amide bonds. The van der Waals surface area contributed by atoms with Gasteiger partial charge in [0.1, 0.15) is 0 Å². The maximum absolute atomic E-state index is 14.1. The molecule has 0 fully saturated rings. The molecule has 3 aliphatic rings. The van der Waals surface area contributed by atoms with Gasteiger partial charge in [-0.1, -0.05) is 76.2 Å². The van der Waals surface area contributed by atoms with Crippen molar-refractivity contribution in [2.24, 2.45) is 10.8 Å². The molecule has 208 valence electrons. The highest BCUT2D eigenvalue weighted by Gasteiger charge is 2.49. The molecule has 6 rings (SSSR count). The van der Waals surface area contributed by atoms with Crippen molar-refractivity contribution in [3.05, 3.63) is 94.5 Å². The van der Waals surface area contributed by atoms with Crippen LogP contribution in [0.25, 0.3) is 10.9 Å². The van der Waals surface area contributed by atoms with E-state index in [0.29, 0.717) is 26.0 Å². The zero-order valence-corrected chi connectivity index (χ0v) is 24.4. The highest BCUT2D eigenvalue weighted by molar-refractivity contribution is 6.08. The summed E-state index contributed by atoms with van der Waals surface area (Å²) in [5, 5.41) is 1.11. The normalized spacial score (nSPS) is 20.8. The number of carbonyl (C=O) groups is 2. The number of aromatic nitrogens is 1. The molecule has 5 heteroatoms. The molecular formula is C35H40N2O3. The van der Waals surface area contributed by atoms with E-state index in [2.05, 4.69) is 91.9 Å². The summed E-state index contributed by atoms with van der Waals surface area (Å²) in [6.07, 6.45) is 4.81. The van der Waals surface area contributed by atoms with Crippen LogP contribution in [0, 0.1) is 10.8 Å². The Labute approximate surface area is 237 Å². The lowest BCUT2D eigenvalue weighted by Gasteiger charge is -2.49. The number of allylic oxidation sites excluding steroid dienone is 4.